The van der Waals surface area contributed by atoms with Crippen LogP contribution in [-0.2, 0) is 17.4 Å². The van der Waals surface area contributed by atoms with Crippen molar-refractivity contribution < 1.29 is 18.0 Å². The van der Waals surface area contributed by atoms with Gasteiger partial charge >= 0.3 is 6.18 Å². The molecule has 3 rings (SSSR count). The van der Waals surface area contributed by atoms with Gasteiger partial charge in [0.2, 0.25) is 0 Å². The third-order valence-electron chi connectivity index (χ3n) is 5.19. The molecule has 2 aliphatic rings. The lowest BCUT2D eigenvalue weighted by molar-refractivity contribution is -0.137. The second-order valence-electron chi connectivity index (χ2n) is 6.56. The van der Waals surface area contributed by atoms with E-state index in [0.29, 0.717) is 17.6 Å². The van der Waals surface area contributed by atoms with Crippen LogP contribution in [0.5, 0.6) is 0 Å². The topological polar surface area (TPSA) is 20.3 Å². The SMILES string of the molecule is CN1C2CCC1CC(C(=O)Cc1cccc(C(F)(F)F)c1)C2. The van der Waals surface area contributed by atoms with Gasteiger partial charge in [0.25, 0.3) is 0 Å². The summed E-state index contributed by atoms with van der Waals surface area (Å²) < 4.78 is 38.2. The van der Waals surface area contributed by atoms with Crippen LogP contribution in [0.25, 0.3) is 0 Å². The van der Waals surface area contributed by atoms with E-state index in [1.165, 1.54) is 6.07 Å². The Kier molecular flexibility index (Phi) is 4.02. The Morgan fingerprint density at radius 2 is 1.86 bits per heavy atom. The number of Topliss-reactive ketones (excluding diaryl/α,β-unsaturated/α-hetero) is 1. The molecule has 120 valence electrons. The largest absolute Gasteiger partial charge is 0.416 e. The average molecular weight is 311 g/mol. The van der Waals surface area contributed by atoms with Crippen molar-refractivity contribution in [1.82, 2.24) is 4.90 Å². The molecule has 2 heterocycles. The molecule has 2 unspecified atom stereocenters. The number of fused-ring (bicyclic) bond motifs is 2. The molecule has 5 heteroatoms. The summed E-state index contributed by atoms with van der Waals surface area (Å²) in [6.45, 7) is 0. The summed E-state index contributed by atoms with van der Waals surface area (Å²) in [6.07, 6.45) is -0.276. The lowest BCUT2D eigenvalue weighted by Crippen LogP contribution is -2.42. The lowest BCUT2D eigenvalue weighted by Gasteiger charge is -2.35. The molecule has 0 N–H and O–H groups in total. The molecular formula is C17H20F3NO. The van der Waals surface area contributed by atoms with E-state index in [9.17, 15) is 18.0 Å². The highest BCUT2D eigenvalue weighted by molar-refractivity contribution is 5.83. The normalized spacial score (nSPS) is 28.8. The number of benzene rings is 1. The molecule has 0 amide bonds. The molecule has 2 nitrogen and oxygen atoms in total. The summed E-state index contributed by atoms with van der Waals surface area (Å²) in [7, 11) is 2.11. The summed E-state index contributed by atoms with van der Waals surface area (Å²) in [5, 5.41) is 0. The molecule has 0 aliphatic carbocycles. The number of alkyl halides is 3. The fraction of sp³-hybridized carbons (Fsp3) is 0.588. The van der Waals surface area contributed by atoms with E-state index in [2.05, 4.69) is 11.9 Å². The number of halogens is 3. The van der Waals surface area contributed by atoms with Crippen molar-refractivity contribution in [3.63, 3.8) is 0 Å². The van der Waals surface area contributed by atoms with Gasteiger partial charge in [-0.2, -0.15) is 13.2 Å². The van der Waals surface area contributed by atoms with Gasteiger partial charge in [-0.25, -0.2) is 0 Å². The van der Waals surface area contributed by atoms with Crippen LogP contribution in [0.15, 0.2) is 24.3 Å². The van der Waals surface area contributed by atoms with Gasteiger partial charge in [-0.05, 0) is 44.4 Å². The number of piperidine rings is 1. The molecule has 2 fully saturated rings. The quantitative estimate of drug-likeness (QED) is 0.848. The molecule has 0 saturated carbocycles. The zero-order chi connectivity index (χ0) is 15.9. The average Bonchev–Trinajstić information content (AvgIpc) is 2.68. The summed E-state index contributed by atoms with van der Waals surface area (Å²) >= 11 is 0. The molecule has 1 aromatic carbocycles. The Morgan fingerprint density at radius 1 is 1.23 bits per heavy atom. The number of rotatable bonds is 3. The standard InChI is InChI=1S/C17H20F3NO/c1-21-14-5-6-15(21)10-12(9-14)16(22)8-11-3-2-4-13(7-11)17(18,19)20/h2-4,7,12,14-15H,5-6,8-10H2,1H3. The van der Waals surface area contributed by atoms with Crippen LogP contribution in [0.2, 0.25) is 0 Å². The highest BCUT2D eigenvalue weighted by Crippen LogP contribution is 2.38. The summed E-state index contributed by atoms with van der Waals surface area (Å²) in [4.78, 5) is 14.8. The van der Waals surface area contributed by atoms with Gasteiger partial charge < -0.3 is 4.90 Å². The van der Waals surface area contributed by atoms with E-state index in [1.807, 2.05) is 0 Å². The maximum Gasteiger partial charge on any atom is 0.416 e. The number of carbonyl (C=O) groups is 1. The second-order valence-corrected chi connectivity index (χ2v) is 6.56. The maximum absolute atomic E-state index is 12.7. The van der Waals surface area contributed by atoms with Crippen LogP contribution < -0.4 is 0 Å². The molecule has 22 heavy (non-hydrogen) atoms. The van der Waals surface area contributed by atoms with Crippen LogP contribution >= 0.6 is 0 Å². The minimum atomic E-state index is -4.36. The lowest BCUT2D eigenvalue weighted by atomic mass is 9.85. The minimum Gasteiger partial charge on any atom is -0.300 e. The van der Waals surface area contributed by atoms with E-state index >= 15 is 0 Å². The van der Waals surface area contributed by atoms with Gasteiger partial charge in [0.15, 0.2) is 0 Å². The first-order chi connectivity index (χ1) is 10.3. The fourth-order valence-corrected chi connectivity index (χ4v) is 3.88. The van der Waals surface area contributed by atoms with E-state index in [4.69, 9.17) is 0 Å². The summed E-state index contributed by atoms with van der Waals surface area (Å²) in [5.74, 6) is 0.0903. The molecule has 2 saturated heterocycles. The number of carbonyl (C=O) groups excluding carboxylic acids is 1. The Bertz CT molecular complexity index is 555. The summed E-state index contributed by atoms with van der Waals surface area (Å²) in [5.41, 5.74) is -0.215. The van der Waals surface area contributed by atoms with Crippen LogP contribution in [0, 0.1) is 5.92 Å². The Morgan fingerprint density at radius 3 is 2.45 bits per heavy atom. The van der Waals surface area contributed by atoms with Crippen molar-refractivity contribution in [2.45, 2.75) is 50.4 Å². The molecule has 2 atom stereocenters. The van der Waals surface area contributed by atoms with Crippen molar-refractivity contribution in [2.24, 2.45) is 5.92 Å². The van der Waals surface area contributed by atoms with Crippen molar-refractivity contribution in [1.29, 1.82) is 0 Å². The van der Waals surface area contributed by atoms with E-state index in [0.717, 1.165) is 37.8 Å². The highest BCUT2D eigenvalue weighted by Gasteiger charge is 2.40. The van der Waals surface area contributed by atoms with Crippen molar-refractivity contribution in [3.8, 4) is 0 Å². The van der Waals surface area contributed by atoms with E-state index in [1.54, 1.807) is 6.07 Å². The number of hydrogen-bond acceptors (Lipinski definition) is 2. The Balaban J connectivity index is 1.68. The van der Waals surface area contributed by atoms with Crippen LogP contribution in [0.1, 0.15) is 36.8 Å². The zero-order valence-electron chi connectivity index (χ0n) is 12.6. The number of nitrogens with zero attached hydrogens (tertiary/aromatic N) is 1. The monoisotopic (exact) mass is 311 g/mol. The van der Waals surface area contributed by atoms with Gasteiger partial charge in [0, 0.05) is 24.4 Å². The predicted molar refractivity (Wildman–Crippen MR) is 77.5 cm³/mol. The number of ketones is 1. The fourth-order valence-electron chi connectivity index (χ4n) is 3.88. The smallest absolute Gasteiger partial charge is 0.300 e. The van der Waals surface area contributed by atoms with E-state index < -0.39 is 11.7 Å². The highest BCUT2D eigenvalue weighted by atomic mass is 19.4. The molecule has 2 aliphatic heterocycles. The van der Waals surface area contributed by atoms with Crippen molar-refractivity contribution >= 4 is 5.78 Å². The van der Waals surface area contributed by atoms with Gasteiger partial charge in [-0.3, -0.25) is 4.79 Å². The Hall–Kier alpha value is -1.36. The maximum atomic E-state index is 12.7. The third-order valence-corrected chi connectivity index (χ3v) is 5.19. The molecule has 0 aromatic heterocycles. The van der Waals surface area contributed by atoms with E-state index in [-0.39, 0.29) is 18.1 Å². The molecular weight excluding hydrogens is 291 g/mol. The first-order valence-corrected chi connectivity index (χ1v) is 7.75. The van der Waals surface area contributed by atoms with Crippen molar-refractivity contribution in [3.05, 3.63) is 35.4 Å². The predicted octanol–water partition coefficient (Wildman–Crippen LogP) is 3.69. The van der Waals surface area contributed by atoms with Gasteiger partial charge in [0.05, 0.1) is 5.56 Å². The first kappa shape index (κ1) is 15.5. The van der Waals surface area contributed by atoms with Crippen molar-refractivity contribution in [2.75, 3.05) is 7.05 Å². The minimum absolute atomic E-state index is 0.00300. The van der Waals surface area contributed by atoms with Gasteiger partial charge in [-0.15, -0.1) is 0 Å². The Labute approximate surface area is 128 Å². The zero-order valence-corrected chi connectivity index (χ0v) is 12.6. The first-order valence-electron chi connectivity index (χ1n) is 7.75. The number of hydrogen-bond donors (Lipinski definition) is 0. The molecule has 1 aromatic rings. The third kappa shape index (κ3) is 3.05. The van der Waals surface area contributed by atoms with Crippen LogP contribution in [0.4, 0.5) is 13.2 Å². The summed E-state index contributed by atoms with van der Waals surface area (Å²) in [6, 6.07) is 6.06. The molecule has 2 bridgehead atoms. The van der Waals surface area contributed by atoms with Crippen LogP contribution in [-0.4, -0.2) is 29.8 Å². The molecule has 0 radical (unpaired) electrons. The second kappa shape index (κ2) is 5.69. The van der Waals surface area contributed by atoms with Crippen LogP contribution in [0.3, 0.4) is 0 Å². The molecule has 0 spiro atoms. The van der Waals surface area contributed by atoms with Gasteiger partial charge in [-0.1, -0.05) is 18.2 Å². The van der Waals surface area contributed by atoms with Gasteiger partial charge in [0.1, 0.15) is 5.78 Å².